The molecule has 0 fully saturated rings. The Morgan fingerprint density at radius 1 is 1.22 bits per heavy atom. The van der Waals surface area contributed by atoms with E-state index >= 15 is 0 Å². The molecule has 6 heteroatoms. The Hall–Kier alpha value is -1.85. The molecule has 0 unspecified atom stereocenters. The highest BCUT2D eigenvalue weighted by molar-refractivity contribution is 6.00. The lowest BCUT2D eigenvalue weighted by Gasteiger charge is -2.07. The van der Waals surface area contributed by atoms with Gasteiger partial charge in [0, 0.05) is 6.54 Å². The lowest BCUT2D eigenvalue weighted by molar-refractivity contribution is 0.0543. The van der Waals surface area contributed by atoms with Gasteiger partial charge in [-0.05, 0) is 6.42 Å². The van der Waals surface area contributed by atoms with Crippen LogP contribution in [-0.2, 0) is 16.0 Å². The molecule has 0 amide bonds. The smallest absolute Gasteiger partial charge is 0.359 e. The van der Waals surface area contributed by atoms with E-state index in [4.69, 9.17) is 0 Å². The maximum atomic E-state index is 11.7. The van der Waals surface area contributed by atoms with Crippen LogP contribution in [-0.4, -0.2) is 35.7 Å². The normalized spacial score (nSPS) is 10.2. The summed E-state index contributed by atoms with van der Waals surface area (Å²) in [7, 11) is 2.52. The fourth-order valence-corrected chi connectivity index (χ4v) is 1.64. The van der Waals surface area contributed by atoms with Gasteiger partial charge in [-0.2, -0.15) is 0 Å². The van der Waals surface area contributed by atoms with Crippen LogP contribution in [0.3, 0.4) is 0 Å². The van der Waals surface area contributed by atoms with Crippen molar-refractivity contribution in [3.05, 3.63) is 17.7 Å². The second-order valence-corrected chi connectivity index (χ2v) is 3.83. The minimum atomic E-state index is -0.635. The number of aryl methyl sites for hydroxylation is 1. The van der Waals surface area contributed by atoms with Crippen LogP contribution < -0.4 is 0 Å². The number of hydrogen-bond acceptors (Lipinski definition) is 5. The van der Waals surface area contributed by atoms with E-state index in [1.54, 1.807) is 4.57 Å². The van der Waals surface area contributed by atoms with Gasteiger partial charge < -0.3 is 14.0 Å². The molecule has 0 radical (unpaired) electrons. The Morgan fingerprint density at radius 2 is 1.89 bits per heavy atom. The molecular formula is C12H18N2O4. The maximum absolute atomic E-state index is 11.7. The molecular weight excluding hydrogens is 236 g/mol. The van der Waals surface area contributed by atoms with Gasteiger partial charge in [-0.15, -0.1) is 0 Å². The summed E-state index contributed by atoms with van der Waals surface area (Å²) >= 11 is 0. The largest absolute Gasteiger partial charge is 0.464 e. The van der Waals surface area contributed by atoms with Crippen molar-refractivity contribution < 1.29 is 19.1 Å². The van der Waals surface area contributed by atoms with Crippen LogP contribution in [0.5, 0.6) is 0 Å². The number of rotatable bonds is 6. The predicted octanol–water partition coefficient (Wildman–Crippen LogP) is 1.65. The molecule has 0 aliphatic carbocycles. The highest BCUT2D eigenvalue weighted by Gasteiger charge is 2.24. The third-order valence-corrected chi connectivity index (χ3v) is 2.60. The van der Waals surface area contributed by atoms with Crippen molar-refractivity contribution in [3.63, 3.8) is 0 Å². The molecule has 18 heavy (non-hydrogen) atoms. The van der Waals surface area contributed by atoms with E-state index in [2.05, 4.69) is 21.4 Å². The summed E-state index contributed by atoms with van der Waals surface area (Å²) in [4.78, 5) is 27.1. The summed E-state index contributed by atoms with van der Waals surface area (Å²) in [6.07, 6.45) is 4.50. The molecule has 1 aromatic rings. The Labute approximate surface area is 106 Å². The molecule has 100 valence electrons. The van der Waals surface area contributed by atoms with Gasteiger partial charge in [-0.25, -0.2) is 14.6 Å². The summed E-state index contributed by atoms with van der Waals surface area (Å²) < 4.78 is 10.9. The summed E-state index contributed by atoms with van der Waals surface area (Å²) in [6.45, 7) is 2.72. The van der Waals surface area contributed by atoms with Gasteiger partial charge in [0.05, 0.1) is 20.5 Å². The number of unbranched alkanes of at least 4 members (excludes halogenated alkanes) is 2. The lowest BCUT2D eigenvalue weighted by Crippen LogP contribution is -2.16. The fraction of sp³-hybridized carbons (Fsp3) is 0.583. The molecule has 1 heterocycles. The van der Waals surface area contributed by atoms with Crippen molar-refractivity contribution in [1.29, 1.82) is 0 Å². The molecule has 1 rings (SSSR count). The number of esters is 2. The van der Waals surface area contributed by atoms with Crippen LogP contribution in [0.2, 0.25) is 0 Å². The van der Waals surface area contributed by atoms with Gasteiger partial charge in [0.1, 0.15) is 0 Å². The topological polar surface area (TPSA) is 70.4 Å². The summed E-state index contributed by atoms with van der Waals surface area (Å²) in [5.74, 6) is -1.21. The van der Waals surface area contributed by atoms with E-state index in [-0.39, 0.29) is 11.4 Å². The second kappa shape index (κ2) is 6.78. The fourth-order valence-electron chi connectivity index (χ4n) is 1.64. The molecule has 0 aliphatic heterocycles. The van der Waals surface area contributed by atoms with E-state index in [1.807, 2.05) is 0 Å². The van der Waals surface area contributed by atoms with Crippen LogP contribution >= 0.6 is 0 Å². The summed E-state index contributed by atoms with van der Waals surface area (Å²) in [5.41, 5.74) is 0.154. The zero-order chi connectivity index (χ0) is 13.5. The van der Waals surface area contributed by atoms with Crippen LogP contribution in [0.1, 0.15) is 47.2 Å². The summed E-state index contributed by atoms with van der Waals surface area (Å²) in [5, 5.41) is 0. The van der Waals surface area contributed by atoms with E-state index in [9.17, 15) is 9.59 Å². The SMILES string of the molecule is CCCCCn1cnc(C(=O)OC)c1C(=O)OC. The quantitative estimate of drug-likeness (QED) is 0.570. The average molecular weight is 254 g/mol. The van der Waals surface area contributed by atoms with Gasteiger partial charge >= 0.3 is 11.9 Å². The van der Waals surface area contributed by atoms with Crippen molar-refractivity contribution in [2.24, 2.45) is 0 Å². The first kappa shape index (κ1) is 14.2. The minimum absolute atomic E-state index is 0.000786. The molecule has 6 nitrogen and oxygen atoms in total. The molecule has 0 aliphatic rings. The van der Waals surface area contributed by atoms with Crippen LogP contribution in [0.25, 0.3) is 0 Å². The van der Waals surface area contributed by atoms with E-state index in [0.29, 0.717) is 6.54 Å². The number of methoxy groups -OCH3 is 2. The molecule has 0 N–H and O–H groups in total. The first-order valence-corrected chi connectivity index (χ1v) is 5.87. The number of imidazole rings is 1. The van der Waals surface area contributed by atoms with Gasteiger partial charge in [-0.1, -0.05) is 19.8 Å². The number of carbonyl (C=O) groups excluding carboxylic acids is 2. The van der Waals surface area contributed by atoms with Gasteiger partial charge in [-0.3, -0.25) is 0 Å². The van der Waals surface area contributed by atoms with E-state index < -0.39 is 11.9 Å². The van der Waals surface area contributed by atoms with Crippen molar-refractivity contribution in [3.8, 4) is 0 Å². The first-order chi connectivity index (χ1) is 8.65. The Balaban J connectivity index is 2.99. The zero-order valence-corrected chi connectivity index (χ0v) is 10.9. The number of carbonyl (C=O) groups is 2. The van der Waals surface area contributed by atoms with Crippen molar-refractivity contribution in [2.75, 3.05) is 14.2 Å². The Morgan fingerprint density at radius 3 is 2.44 bits per heavy atom. The number of ether oxygens (including phenoxy) is 2. The van der Waals surface area contributed by atoms with Crippen molar-refractivity contribution >= 4 is 11.9 Å². The Bertz CT molecular complexity index is 426. The zero-order valence-electron chi connectivity index (χ0n) is 10.9. The number of hydrogen-bond donors (Lipinski definition) is 0. The molecule has 0 spiro atoms. The third-order valence-electron chi connectivity index (χ3n) is 2.60. The average Bonchev–Trinajstić information content (AvgIpc) is 2.81. The molecule has 0 saturated carbocycles. The summed E-state index contributed by atoms with van der Waals surface area (Å²) in [6, 6.07) is 0. The molecule has 0 bridgehead atoms. The van der Waals surface area contributed by atoms with Gasteiger partial charge in [0.2, 0.25) is 0 Å². The van der Waals surface area contributed by atoms with Crippen LogP contribution in [0, 0.1) is 0 Å². The first-order valence-electron chi connectivity index (χ1n) is 5.87. The molecule has 0 atom stereocenters. The molecule has 0 saturated heterocycles. The maximum Gasteiger partial charge on any atom is 0.359 e. The van der Waals surface area contributed by atoms with E-state index in [0.717, 1.165) is 19.3 Å². The van der Waals surface area contributed by atoms with Gasteiger partial charge in [0.15, 0.2) is 11.4 Å². The van der Waals surface area contributed by atoms with Gasteiger partial charge in [0.25, 0.3) is 0 Å². The van der Waals surface area contributed by atoms with Crippen LogP contribution in [0.4, 0.5) is 0 Å². The predicted molar refractivity (Wildman–Crippen MR) is 64.4 cm³/mol. The van der Waals surface area contributed by atoms with E-state index in [1.165, 1.54) is 20.5 Å². The Kier molecular flexibility index (Phi) is 5.35. The van der Waals surface area contributed by atoms with Crippen molar-refractivity contribution in [2.45, 2.75) is 32.7 Å². The number of aromatic nitrogens is 2. The van der Waals surface area contributed by atoms with Crippen molar-refractivity contribution in [1.82, 2.24) is 9.55 Å². The number of nitrogens with zero attached hydrogens (tertiary/aromatic N) is 2. The third kappa shape index (κ3) is 3.09. The monoisotopic (exact) mass is 254 g/mol. The molecule has 0 aromatic carbocycles. The highest BCUT2D eigenvalue weighted by Crippen LogP contribution is 2.12. The lowest BCUT2D eigenvalue weighted by atomic mass is 10.2. The minimum Gasteiger partial charge on any atom is -0.464 e. The van der Waals surface area contributed by atoms with Crippen LogP contribution in [0.15, 0.2) is 6.33 Å². The molecule has 1 aromatic heterocycles. The standard InChI is InChI=1S/C12H18N2O4/c1-4-5-6-7-14-8-13-9(11(15)17-2)10(14)12(16)18-3/h8H,4-7H2,1-3H3. The second-order valence-electron chi connectivity index (χ2n) is 3.83. The highest BCUT2D eigenvalue weighted by atomic mass is 16.5.